The molecule has 0 aliphatic carbocycles. The van der Waals surface area contributed by atoms with Crippen LogP contribution in [0.15, 0.2) is 30.6 Å². The molecule has 8 nitrogen and oxygen atoms in total. The van der Waals surface area contributed by atoms with Crippen molar-refractivity contribution in [3.05, 3.63) is 41.9 Å². The van der Waals surface area contributed by atoms with Gasteiger partial charge in [0, 0.05) is 18.0 Å². The molecule has 0 fully saturated rings. The highest BCUT2D eigenvalue weighted by atomic mass is 16.6. The highest BCUT2D eigenvalue weighted by molar-refractivity contribution is 6.00. The number of nitrogen functional groups attached to an aromatic ring is 1. The maximum atomic E-state index is 12.1. The molecule has 2 heterocycles. The standard InChI is InChI=1S/C15H13N3O5/c16-14-13(17-3-4-18-14)15(20)23-8-10(19)9-1-2-11-12(7-9)22-6-5-21-11/h1-4,7H,5-6,8H2,(H2,16,18). The van der Waals surface area contributed by atoms with Gasteiger partial charge in [0.2, 0.25) is 0 Å². The summed E-state index contributed by atoms with van der Waals surface area (Å²) in [5.74, 6) is -0.160. The first kappa shape index (κ1) is 14.8. The van der Waals surface area contributed by atoms with Crippen molar-refractivity contribution in [1.82, 2.24) is 9.97 Å². The molecule has 0 radical (unpaired) electrons. The molecule has 0 bridgehead atoms. The number of carbonyl (C=O) groups is 2. The van der Waals surface area contributed by atoms with Gasteiger partial charge >= 0.3 is 5.97 Å². The van der Waals surface area contributed by atoms with E-state index < -0.39 is 12.6 Å². The molecular weight excluding hydrogens is 302 g/mol. The van der Waals surface area contributed by atoms with Crippen LogP contribution in [0.4, 0.5) is 5.82 Å². The number of Topliss-reactive ketones (excluding diaryl/α,β-unsaturated/α-hetero) is 1. The summed E-state index contributed by atoms with van der Waals surface area (Å²) >= 11 is 0. The quantitative estimate of drug-likeness (QED) is 0.653. The lowest BCUT2D eigenvalue weighted by atomic mass is 10.1. The zero-order chi connectivity index (χ0) is 16.2. The first-order valence-corrected chi connectivity index (χ1v) is 6.81. The molecule has 0 spiro atoms. The summed E-state index contributed by atoms with van der Waals surface area (Å²) in [7, 11) is 0. The van der Waals surface area contributed by atoms with Gasteiger partial charge in [0.1, 0.15) is 13.2 Å². The number of anilines is 1. The van der Waals surface area contributed by atoms with Crippen LogP contribution >= 0.6 is 0 Å². The lowest BCUT2D eigenvalue weighted by Crippen LogP contribution is -2.18. The number of esters is 1. The van der Waals surface area contributed by atoms with Crippen LogP contribution < -0.4 is 15.2 Å². The largest absolute Gasteiger partial charge is 0.486 e. The van der Waals surface area contributed by atoms with Crippen LogP contribution in [0.5, 0.6) is 11.5 Å². The van der Waals surface area contributed by atoms with Gasteiger partial charge in [-0.05, 0) is 18.2 Å². The number of benzene rings is 1. The van der Waals surface area contributed by atoms with E-state index in [1.807, 2.05) is 0 Å². The van der Waals surface area contributed by atoms with Gasteiger partial charge in [-0.3, -0.25) is 4.79 Å². The Hall–Kier alpha value is -3.16. The third-order valence-electron chi connectivity index (χ3n) is 3.12. The Balaban J connectivity index is 1.66. The van der Waals surface area contributed by atoms with Crippen molar-refractivity contribution in [3.63, 3.8) is 0 Å². The molecule has 0 saturated heterocycles. The van der Waals surface area contributed by atoms with Gasteiger partial charge < -0.3 is 19.9 Å². The number of aromatic nitrogens is 2. The van der Waals surface area contributed by atoms with E-state index in [2.05, 4.69) is 9.97 Å². The fraction of sp³-hybridized carbons (Fsp3) is 0.200. The van der Waals surface area contributed by atoms with E-state index in [1.54, 1.807) is 18.2 Å². The minimum atomic E-state index is -0.804. The van der Waals surface area contributed by atoms with Gasteiger partial charge in [-0.2, -0.15) is 0 Å². The number of nitrogens with zero attached hydrogens (tertiary/aromatic N) is 2. The predicted octanol–water partition coefficient (Wildman–Crippen LogP) is 0.870. The first-order valence-electron chi connectivity index (χ1n) is 6.81. The number of ketones is 1. The molecule has 1 aromatic heterocycles. The zero-order valence-corrected chi connectivity index (χ0v) is 12.0. The van der Waals surface area contributed by atoms with Gasteiger partial charge in [0.05, 0.1) is 0 Å². The summed E-state index contributed by atoms with van der Waals surface area (Å²) in [5.41, 5.74) is 5.76. The van der Waals surface area contributed by atoms with Crippen LogP contribution in [0.3, 0.4) is 0 Å². The van der Waals surface area contributed by atoms with Crippen LogP contribution in [0, 0.1) is 0 Å². The average molecular weight is 315 g/mol. The molecule has 0 atom stereocenters. The zero-order valence-electron chi connectivity index (χ0n) is 12.0. The van der Waals surface area contributed by atoms with Crippen LogP contribution in [0.2, 0.25) is 0 Å². The molecular formula is C15H13N3O5. The van der Waals surface area contributed by atoms with E-state index in [0.29, 0.717) is 30.3 Å². The smallest absolute Gasteiger partial charge is 0.361 e. The topological polar surface area (TPSA) is 114 Å². The van der Waals surface area contributed by atoms with Gasteiger partial charge in [-0.1, -0.05) is 0 Å². The second kappa shape index (κ2) is 6.30. The monoisotopic (exact) mass is 315 g/mol. The number of hydrogen-bond acceptors (Lipinski definition) is 8. The van der Waals surface area contributed by atoms with E-state index in [0.717, 1.165) is 0 Å². The molecule has 1 aromatic carbocycles. The predicted molar refractivity (Wildman–Crippen MR) is 78.5 cm³/mol. The molecule has 0 amide bonds. The second-order valence-electron chi connectivity index (χ2n) is 4.65. The van der Waals surface area contributed by atoms with E-state index in [-0.39, 0.29) is 17.3 Å². The first-order chi connectivity index (χ1) is 11.1. The molecule has 1 aliphatic rings. The van der Waals surface area contributed by atoms with Crippen molar-refractivity contribution in [1.29, 1.82) is 0 Å². The van der Waals surface area contributed by atoms with Crippen LogP contribution in [-0.4, -0.2) is 41.5 Å². The molecule has 118 valence electrons. The molecule has 0 saturated carbocycles. The molecule has 2 aromatic rings. The van der Waals surface area contributed by atoms with Gasteiger partial charge in [0.15, 0.2) is 35.4 Å². The Morgan fingerprint density at radius 2 is 1.87 bits per heavy atom. The Kier molecular flexibility index (Phi) is 4.05. The van der Waals surface area contributed by atoms with Crippen molar-refractivity contribution in [2.45, 2.75) is 0 Å². The Morgan fingerprint density at radius 1 is 1.13 bits per heavy atom. The van der Waals surface area contributed by atoms with E-state index in [9.17, 15) is 9.59 Å². The lowest BCUT2D eigenvalue weighted by Gasteiger charge is -2.18. The fourth-order valence-corrected chi connectivity index (χ4v) is 2.01. The summed E-state index contributed by atoms with van der Waals surface area (Å²) in [4.78, 5) is 31.5. The van der Waals surface area contributed by atoms with Crippen molar-refractivity contribution in [2.24, 2.45) is 0 Å². The SMILES string of the molecule is Nc1nccnc1C(=O)OCC(=O)c1ccc2c(c1)OCCO2. The number of rotatable bonds is 4. The molecule has 8 heteroatoms. The van der Waals surface area contributed by atoms with Gasteiger partial charge in [-0.15, -0.1) is 0 Å². The Morgan fingerprint density at radius 3 is 2.65 bits per heavy atom. The van der Waals surface area contributed by atoms with Crippen LogP contribution in [-0.2, 0) is 4.74 Å². The van der Waals surface area contributed by atoms with E-state index in [1.165, 1.54) is 12.4 Å². The van der Waals surface area contributed by atoms with Gasteiger partial charge in [0.25, 0.3) is 0 Å². The number of nitrogens with two attached hydrogens (primary N) is 1. The molecule has 0 unspecified atom stereocenters. The summed E-state index contributed by atoms with van der Waals surface area (Å²) < 4.78 is 15.7. The molecule has 1 aliphatic heterocycles. The van der Waals surface area contributed by atoms with Gasteiger partial charge in [-0.25, -0.2) is 14.8 Å². The van der Waals surface area contributed by atoms with Crippen LogP contribution in [0.1, 0.15) is 20.8 Å². The van der Waals surface area contributed by atoms with Crippen LogP contribution in [0.25, 0.3) is 0 Å². The van der Waals surface area contributed by atoms with Crippen molar-refractivity contribution in [2.75, 3.05) is 25.6 Å². The molecule has 2 N–H and O–H groups in total. The maximum Gasteiger partial charge on any atom is 0.361 e. The maximum absolute atomic E-state index is 12.1. The lowest BCUT2D eigenvalue weighted by molar-refractivity contribution is 0.0469. The number of carbonyl (C=O) groups excluding carboxylic acids is 2. The molecule has 3 rings (SSSR count). The highest BCUT2D eigenvalue weighted by Crippen LogP contribution is 2.30. The van der Waals surface area contributed by atoms with Crippen molar-refractivity contribution in [3.8, 4) is 11.5 Å². The minimum Gasteiger partial charge on any atom is -0.486 e. The Labute approximate surface area is 131 Å². The highest BCUT2D eigenvalue weighted by Gasteiger charge is 2.18. The number of ether oxygens (including phenoxy) is 3. The number of fused-ring (bicyclic) bond motifs is 1. The minimum absolute atomic E-state index is 0.0516. The summed E-state index contributed by atoms with van der Waals surface area (Å²) in [5, 5.41) is 0. The van der Waals surface area contributed by atoms with E-state index >= 15 is 0 Å². The summed E-state index contributed by atoms with van der Waals surface area (Å²) in [6.45, 7) is 0.456. The number of hydrogen-bond donors (Lipinski definition) is 1. The Bertz CT molecular complexity index is 763. The third-order valence-corrected chi connectivity index (χ3v) is 3.12. The molecule has 23 heavy (non-hydrogen) atoms. The fourth-order valence-electron chi connectivity index (χ4n) is 2.01. The second-order valence-corrected chi connectivity index (χ2v) is 4.65. The van der Waals surface area contributed by atoms with E-state index in [4.69, 9.17) is 19.9 Å². The summed E-state index contributed by atoms with van der Waals surface area (Å²) in [6, 6.07) is 4.78. The van der Waals surface area contributed by atoms with Crippen molar-refractivity contribution >= 4 is 17.6 Å². The van der Waals surface area contributed by atoms with Crippen molar-refractivity contribution < 1.29 is 23.8 Å². The summed E-state index contributed by atoms with van der Waals surface area (Å²) in [6.07, 6.45) is 2.67. The average Bonchev–Trinajstić information content (AvgIpc) is 2.59. The third kappa shape index (κ3) is 3.20. The normalized spacial score (nSPS) is 12.5.